The van der Waals surface area contributed by atoms with Gasteiger partial charge in [-0.2, -0.15) is 4.31 Å². The van der Waals surface area contributed by atoms with Crippen LogP contribution >= 0.6 is 11.3 Å². The Balaban J connectivity index is 1.29. The summed E-state index contributed by atoms with van der Waals surface area (Å²) in [5, 5.41) is 5.18. The standard InChI is InChI=1S/C27H25N3O3S2/c1-19-9-15-23(16-10-19)35(32,33)30-17-5-8-25(30)26(31)29-27-28-24(18-34-27)22-13-11-21(12-14-22)20-6-3-2-4-7-20/h2-4,6-7,9-16,18,25H,5,8,17H2,1H3,(H,28,29,31). The number of thiazole rings is 1. The van der Waals surface area contributed by atoms with Crippen molar-refractivity contribution < 1.29 is 13.2 Å². The Bertz CT molecular complexity index is 1430. The second kappa shape index (κ2) is 9.73. The van der Waals surface area contributed by atoms with E-state index in [1.54, 1.807) is 24.3 Å². The second-order valence-electron chi connectivity index (χ2n) is 8.56. The van der Waals surface area contributed by atoms with E-state index in [0.717, 1.165) is 27.9 Å². The van der Waals surface area contributed by atoms with Crippen molar-refractivity contribution in [1.82, 2.24) is 9.29 Å². The molecule has 0 spiro atoms. The van der Waals surface area contributed by atoms with Gasteiger partial charge in [-0.25, -0.2) is 13.4 Å². The molecule has 1 aromatic heterocycles. The molecular formula is C27H25N3O3S2. The van der Waals surface area contributed by atoms with Crippen LogP contribution in [-0.2, 0) is 14.8 Å². The summed E-state index contributed by atoms with van der Waals surface area (Å²) in [5.41, 5.74) is 4.96. The number of sulfonamides is 1. The summed E-state index contributed by atoms with van der Waals surface area (Å²) < 4.78 is 27.6. The summed E-state index contributed by atoms with van der Waals surface area (Å²) in [6.07, 6.45) is 1.12. The van der Waals surface area contributed by atoms with E-state index in [0.29, 0.717) is 24.5 Å². The predicted octanol–water partition coefficient (Wildman–Crippen LogP) is 5.58. The molecule has 1 amide bonds. The van der Waals surface area contributed by atoms with E-state index in [4.69, 9.17) is 0 Å². The van der Waals surface area contributed by atoms with Crippen molar-refractivity contribution in [2.24, 2.45) is 0 Å². The topological polar surface area (TPSA) is 79.4 Å². The van der Waals surface area contributed by atoms with E-state index in [1.165, 1.54) is 15.6 Å². The molecule has 1 aliphatic heterocycles. The van der Waals surface area contributed by atoms with Crippen LogP contribution in [0.15, 0.2) is 89.1 Å². The highest BCUT2D eigenvalue weighted by atomic mass is 32.2. The first kappa shape index (κ1) is 23.4. The number of anilines is 1. The molecule has 0 radical (unpaired) electrons. The highest BCUT2D eigenvalue weighted by Crippen LogP contribution is 2.30. The van der Waals surface area contributed by atoms with E-state index in [2.05, 4.69) is 34.6 Å². The Morgan fingerprint density at radius 3 is 2.31 bits per heavy atom. The fraction of sp³-hybridized carbons (Fsp3) is 0.185. The van der Waals surface area contributed by atoms with Crippen LogP contribution in [0.25, 0.3) is 22.4 Å². The molecule has 6 nitrogen and oxygen atoms in total. The summed E-state index contributed by atoms with van der Waals surface area (Å²) in [7, 11) is -3.75. The summed E-state index contributed by atoms with van der Waals surface area (Å²) in [6, 6.07) is 24.2. The first-order chi connectivity index (χ1) is 16.9. The summed E-state index contributed by atoms with van der Waals surface area (Å²) in [4.78, 5) is 17.8. The van der Waals surface area contributed by atoms with Gasteiger partial charge in [0.15, 0.2) is 5.13 Å². The third kappa shape index (κ3) is 4.91. The average Bonchev–Trinajstić information content (AvgIpc) is 3.56. The maximum Gasteiger partial charge on any atom is 0.244 e. The minimum absolute atomic E-state index is 0.207. The van der Waals surface area contributed by atoms with E-state index in [1.807, 2.05) is 42.6 Å². The van der Waals surface area contributed by atoms with Crippen LogP contribution in [0, 0.1) is 6.92 Å². The molecular weight excluding hydrogens is 478 g/mol. The van der Waals surface area contributed by atoms with Crippen molar-refractivity contribution in [3.8, 4) is 22.4 Å². The minimum atomic E-state index is -3.75. The summed E-state index contributed by atoms with van der Waals surface area (Å²) in [5.74, 6) is -0.349. The van der Waals surface area contributed by atoms with Gasteiger partial charge in [0, 0.05) is 17.5 Å². The normalized spacial score (nSPS) is 16.3. The van der Waals surface area contributed by atoms with Crippen LogP contribution in [-0.4, -0.2) is 36.2 Å². The fourth-order valence-corrected chi connectivity index (χ4v) is 6.63. The first-order valence-electron chi connectivity index (χ1n) is 11.4. The van der Waals surface area contributed by atoms with E-state index in [9.17, 15) is 13.2 Å². The Morgan fingerprint density at radius 2 is 1.60 bits per heavy atom. The number of hydrogen-bond acceptors (Lipinski definition) is 5. The Kier molecular flexibility index (Phi) is 6.51. The molecule has 5 rings (SSSR count). The summed E-state index contributed by atoms with van der Waals surface area (Å²) >= 11 is 1.33. The second-order valence-corrected chi connectivity index (χ2v) is 11.3. The minimum Gasteiger partial charge on any atom is -0.301 e. The summed E-state index contributed by atoms with van der Waals surface area (Å²) in [6.45, 7) is 2.23. The highest BCUT2D eigenvalue weighted by Gasteiger charge is 2.39. The SMILES string of the molecule is Cc1ccc(S(=O)(=O)N2CCCC2C(=O)Nc2nc(-c3ccc(-c4ccccc4)cc3)cs2)cc1. The lowest BCUT2D eigenvalue weighted by molar-refractivity contribution is -0.119. The van der Waals surface area contributed by atoms with Gasteiger partial charge >= 0.3 is 0 Å². The van der Waals surface area contributed by atoms with Crippen LogP contribution in [0.4, 0.5) is 5.13 Å². The average molecular weight is 504 g/mol. The van der Waals surface area contributed by atoms with Crippen molar-refractivity contribution in [2.75, 3.05) is 11.9 Å². The van der Waals surface area contributed by atoms with Crippen molar-refractivity contribution in [1.29, 1.82) is 0 Å². The molecule has 0 saturated carbocycles. The molecule has 4 aromatic rings. The quantitative estimate of drug-likeness (QED) is 0.373. The number of nitrogens with zero attached hydrogens (tertiary/aromatic N) is 2. The van der Waals surface area contributed by atoms with Gasteiger partial charge < -0.3 is 5.32 Å². The highest BCUT2D eigenvalue weighted by molar-refractivity contribution is 7.89. The monoisotopic (exact) mass is 503 g/mol. The first-order valence-corrected chi connectivity index (χ1v) is 13.7. The van der Waals surface area contributed by atoms with Crippen LogP contribution in [0.3, 0.4) is 0 Å². The van der Waals surface area contributed by atoms with Gasteiger partial charge in [0.25, 0.3) is 0 Å². The van der Waals surface area contributed by atoms with Crippen LogP contribution in [0.2, 0.25) is 0 Å². The number of hydrogen-bond donors (Lipinski definition) is 1. The molecule has 3 aromatic carbocycles. The molecule has 1 N–H and O–H groups in total. The molecule has 1 atom stereocenters. The van der Waals surface area contributed by atoms with Gasteiger partial charge in [-0.05, 0) is 43.0 Å². The Morgan fingerprint density at radius 1 is 0.943 bits per heavy atom. The molecule has 1 fully saturated rings. The molecule has 35 heavy (non-hydrogen) atoms. The number of aryl methyl sites for hydroxylation is 1. The number of benzene rings is 3. The van der Waals surface area contributed by atoms with Gasteiger partial charge in [-0.15, -0.1) is 11.3 Å². The smallest absolute Gasteiger partial charge is 0.244 e. The third-order valence-electron chi connectivity index (χ3n) is 6.16. The van der Waals surface area contributed by atoms with Crippen LogP contribution in [0.5, 0.6) is 0 Å². The number of nitrogens with one attached hydrogen (secondary N) is 1. The maximum atomic E-state index is 13.2. The maximum absolute atomic E-state index is 13.2. The lowest BCUT2D eigenvalue weighted by atomic mass is 10.0. The van der Waals surface area contributed by atoms with Gasteiger partial charge in [0.2, 0.25) is 15.9 Å². The zero-order valence-corrected chi connectivity index (χ0v) is 20.9. The van der Waals surface area contributed by atoms with Crippen molar-refractivity contribution in [3.63, 3.8) is 0 Å². The molecule has 1 unspecified atom stereocenters. The number of carbonyl (C=O) groups excluding carboxylic acids is 1. The zero-order chi connectivity index (χ0) is 24.4. The fourth-order valence-electron chi connectivity index (χ4n) is 4.25. The predicted molar refractivity (Wildman–Crippen MR) is 140 cm³/mol. The molecule has 1 aliphatic rings. The number of rotatable bonds is 6. The van der Waals surface area contributed by atoms with E-state index >= 15 is 0 Å². The van der Waals surface area contributed by atoms with Crippen molar-refractivity contribution in [3.05, 3.63) is 89.8 Å². The molecule has 1 saturated heterocycles. The van der Waals surface area contributed by atoms with Crippen LogP contribution < -0.4 is 5.32 Å². The van der Waals surface area contributed by atoms with Gasteiger partial charge in [-0.3, -0.25) is 4.79 Å². The molecule has 0 bridgehead atoms. The van der Waals surface area contributed by atoms with Crippen molar-refractivity contribution >= 4 is 32.4 Å². The van der Waals surface area contributed by atoms with E-state index < -0.39 is 16.1 Å². The van der Waals surface area contributed by atoms with Crippen molar-refractivity contribution in [2.45, 2.75) is 30.7 Å². The number of carbonyl (C=O) groups is 1. The molecule has 0 aliphatic carbocycles. The largest absolute Gasteiger partial charge is 0.301 e. The molecule has 2 heterocycles. The Hall–Kier alpha value is -3.33. The zero-order valence-electron chi connectivity index (χ0n) is 19.2. The van der Waals surface area contributed by atoms with Gasteiger partial charge in [0.1, 0.15) is 6.04 Å². The Labute approximate surface area is 209 Å². The third-order valence-corrected chi connectivity index (χ3v) is 8.84. The lowest BCUT2D eigenvalue weighted by Crippen LogP contribution is -2.43. The van der Waals surface area contributed by atoms with Gasteiger partial charge in [0.05, 0.1) is 10.6 Å². The van der Waals surface area contributed by atoms with Crippen LogP contribution in [0.1, 0.15) is 18.4 Å². The molecule has 178 valence electrons. The lowest BCUT2D eigenvalue weighted by Gasteiger charge is -2.23. The number of amides is 1. The van der Waals surface area contributed by atoms with Gasteiger partial charge in [-0.1, -0.05) is 72.3 Å². The molecule has 8 heteroatoms. The van der Waals surface area contributed by atoms with E-state index in [-0.39, 0.29) is 10.8 Å². The number of aromatic nitrogens is 1.